The van der Waals surface area contributed by atoms with Gasteiger partial charge in [-0.05, 0) is 24.5 Å². The number of rotatable bonds is 3. The minimum Gasteiger partial charge on any atom is -0.496 e. The lowest BCUT2D eigenvalue weighted by atomic mass is 10.2. The lowest BCUT2D eigenvalue weighted by molar-refractivity contribution is -0.134. The minimum absolute atomic E-state index is 0.713. The van der Waals surface area contributed by atoms with Crippen LogP contribution in [-0.4, -0.2) is 35.9 Å². The zero-order valence-corrected chi connectivity index (χ0v) is 10.7. The van der Waals surface area contributed by atoms with Crippen molar-refractivity contribution in [2.75, 3.05) is 13.4 Å². The van der Waals surface area contributed by atoms with Gasteiger partial charge in [-0.15, -0.1) is 11.8 Å². The van der Waals surface area contributed by atoms with Gasteiger partial charge in [-0.3, -0.25) is 4.79 Å². The Bertz CT molecular complexity index is 389. The highest BCUT2D eigenvalue weighted by molar-refractivity contribution is 7.98. The molecule has 0 spiro atoms. The van der Waals surface area contributed by atoms with Crippen molar-refractivity contribution in [2.45, 2.75) is 11.8 Å². The lowest BCUT2D eigenvalue weighted by Crippen LogP contribution is -1.90. The van der Waals surface area contributed by atoms with Crippen LogP contribution < -0.4 is 4.74 Å². The molecular formula is C11H15NO4S. The molecule has 94 valence electrons. The Morgan fingerprint density at radius 1 is 1.53 bits per heavy atom. The van der Waals surface area contributed by atoms with Crippen molar-refractivity contribution in [1.82, 2.24) is 0 Å². The number of oxime groups is 1. The molecule has 0 bridgehead atoms. The molecule has 0 aromatic heterocycles. The molecule has 1 rings (SSSR count). The Balaban J connectivity index is 0.000000557. The number of carbonyl (C=O) groups is 1. The Hall–Kier alpha value is -1.69. The van der Waals surface area contributed by atoms with Gasteiger partial charge in [0, 0.05) is 17.4 Å². The largest absolute Gasteiger partial charge is 0.496 e. The third kappa shape index (κ3) is 6.47. The molecule has 1 aromatic rings. The van der Waals surface area contributed by atoms with Crippen molar-refractivity contribution in [3.63, 3.8) is 0 Å². The number of carboxylic acid groups (broad SMARTS) is 1. The number of aliphatic carboxylic acids is 1. The molecule has 0 atom stereocenters. The zero-order valence-electron chi connectivity index (χ0n) is 9.88. The summed E-state index contributed by atoms with van der Waals surface area (Å²) in [6.07, 6.45) is 3.34. The third-order valence-corrected chi connectivity index (χ3v) is 2.36. The van der Waals surface area contributed by atoms with Gasteiger partial charge in [-0.25, -0.2) is 0 Å². The van der Waals surface area contributed by atoms with Gasteiger partial charge < -0.3 is 15.1 Å². The average Bonchev–Trinajstić information content (AvgIpc) is 2.29. The quantitative estimate of drug-likeness (QED) is 0.376. The van der Waals surface area contributed by atoms with E-state index in [-0.39, 0.29) is 0 Å². The summed E-state index contributed by atoms with van der Waals surface area (Å²) in [4.78, 5) is 10.1. The molecule has 6 heteroatoms. The number of thioether (sulfide) groups is 1. The molecule has 0 radical (unpaired) electrons. The third-order valence-electron chi connectivity index (χ3n) is 1.64. The molecule has 0 fully saturated rings. The second-order valence-electron chi connectivity index (χ2n) is 2.87. The number of hydrogen-bond donors (Lipinski definition) is 2. The van der Waals surface area contributed by atoms with E-state index in [1.165, 1.54) is 6.21 Å². The lowest BCUT2D eigenvalue weighted by Gasteiger charge is -2.05. The van der Waals surface area contributed by atoms with E-state index in [2.05, 4.69) is 5.16 Å². The van der Waals surface area contributed by atoms with Gasteiger partial charge in [0.05, 0.1) is 13.3 Å². The highest BCUT2D eigenvalue weighted by atomic mass is 32.2. The molecular weight excluding hydrogens is 242 g/mol. The molecule has 0 unspecified atom stereocenters. The van der Waals surface area contributed by atoms with E-state index in [1.54, 1.807) is 18.9 Å². The molecule has 0 aliphatic carbocycles. The molecule has 0 saturated carbocycles. The van der Waals surface area contributed by atoms with Crippen molar-refractivity contribution in [3.8, 4) is 5.75 Å². The van der Waals surface area contributed by atoms with E-state index in [1.807, 2.05) is 24.5 Å². The van der Waals surface area contributed by atoms with Crippen LogP contribution in [0.2, 0.25) is 0 Å². The van der Waals surface area contributed by atoms with Crippen LogP contribution in [0.3, 0.4) is 0 Å². The van der Waals surface area contributed by atoms with Crippen molar-refractivity contribution < 1.29 is 19.8 Å². The van der Waals surface area contributed by atoms with Crippen LogP contribution >= 0.6 is 11.8 Å². The fourth-order valence-electron chi connectivity index (χ4n) is 0.987. The van der Waals surface area contributed by atoms with E-state index in [9.17, 15) is 0 Å². The van der Waals surface area contributed by atoms with Crippen LogP contribution in [0.4, 0.5) is 0 Å². The molecule has 17 heavy (non-hydrogen) atoms. The van der Waals surface area contributed by atoms with Gasteiger partial charge in [-0.2, -0.15) is 0 Å². The summed E-state index contributed by atoms with van der Waals surface area (Å²) in [6.45, 7) is 1.08. The van der Waals surface area contributed by atoms with Gasteiger partial charge in [0.25, 0.3) is 5.97 Å². The predicted molar refractivity (Wildman–Crippen MR) is 67.5 cm³/mol. The SMILES string of the molecule is CC(=O)O.COc1cc(SC)ccc1C=NO. The van der Waals surface area contributed by atoms with Crippen molar-refractivity contribution in [2.24, 2.45) is 5.16 Å². The molecule has 1 aromatic carbocycles. The van der Waals surface area contributed by atoms with E-state index in [0.717, 1.165) is 17.4 Å². The summed E-state index contributed by atoms with van der Waals surface area (Å²) in [5.74, 6) is -0.121. The topological polar surface area (TPSA) is 79.1 Å². The Morgan fingerprint density at radius 3 is 2.53 bits per heavy atom. The first-order valence-electron chi connectivity index (χ1n) is 4.64. The maximum atomic E-state index is 9.00. The molecule has 0 amide bonds. The standard InChI is InChI=1S/C9H11NO2S.C2H4O2/c1-12-9-5-8(13-2)4-3-7(9)6-10-11;1-2(3)4/h3-6,11H,1-2H3;1H3,(H,3,4). The smallest absolute Gasteiger partial charge is 0.300 e. The zero-order chi connectivity index (χ0) is 13.3. The van der Waals surface area contributed by atoms with Crippen LogP contribution in [0, 0.1) is 0 Å². The van der Waals surface area contributed by atoms with Crippen molar-refractivity contribution in [1.29, 1.82) is 0 Å². The summed E-state index contributed by atoms with van der Waals surface area (Å²) < 4.78 is 5.12. The second kappa shape index (κ2) is 8.46. The number of nitrogens with zero attached hydrogens (tertiary/aromatic N) is 1. The van der Waals surface area contributed by atoms with E-state index < -0.39 is 5.97 Å². The highest BCUT2D eigenvalue weighted by Crippen LogP contribution is 2.23. The molecule has 2 N–H and O–H groups in total. The van der Waals surface area contributed by atoms with E-state index in [4.69, 9.17) is 19.8 Å². The number of ether oxygens (including phenoxy) is 1. The summed E-state index contributed by atoms with van der Waals surface area (Å²) in [5.41, 5.74) is 0.766. The predicted octanol–water partition coefficient (Wildman–Crippen LogP) is 2.32. The van der Waals surface area contributed by atoms with Crippen LogP contribution in [0.1, 0.15) is 12.5 Å². The first-order valence-corrected chi connectivity index (χ1v) is 5.86. The maximum Gasteiger partial charge on any atom is 0.300 e. The second-order valence-corrected chi connectivity index (χ2v) is 3.75. The molecule has 5 nitrogen and oxygen atoms in total. The minimum atomic E-state index is -0.833. The summed E-state index contributed by atoms with van der Waals surface area (Å²) in [7, 11) is 1.59. The maximum absolute atomic E-state index is 9.00. The summed E-state index contributed by atoms with van der Waals surface area (Å²) >= 11 is 1.64. The van der Waals surface area contributed by atoms with Gasteiger partial charge in [0.1, 0.15) is 5.75 Å². The number of benzene rings is 1. The Morgan fingerprint density at radius 2 is 2.12 bits per heavy atom. The molecule has 0 saturated heterocycles. The summed E-state index contributed by atoms with van der Waals surface area (Å²) in [5, 5.41) is 18.7. The van der Waals surface area contributed by atoms with Crippen LogP contribution in [-0.2, 0) is 4.79 Å². The van der Waals surface area contributed by atoms with Crippen LogP contribution in [0.15, 0.2) is 28.3 Å². The first-order chi connectivity index (χ1) is 8.04. The highest BCUT2D eigenvalue weighted by Gasteiger charge is 2.01. The monoisotopic (exact) mass is 257 g/mol. The fourth-order valence-corrected chi connectivity index (χ4v) is 1.42. The Kier molecular flexibility index (Phi) is 7.62. The van der Waals surface area contributed by atoms with Gasteiger partial charge >= 0.3 is 0 Å². The number of hydrogen-bond acceptors (Lipinski definition) is 5. The molecule has 0 aliphatic heterocycles. The average molecular weight is 257 g/mol. The fraction of sp³-hybridized carbons (Fsp3) is 0.273. The van der Waals surface area contributed by atoms with Gasteiger partial charge in [0.2, 0.25) is 0 Å². The van der Waals surface area contributed by atoms with Crippen molar-refractivity contribution >= 4 is 23.9 Å². The number of methoxy groups -OCH3 is 1. The van der Waals surface area contributed by atoms with Crippen molar-refractivity contribution in [3.05, 3.63) is 23.8 Å². The van der Waals surface area contributed by atoms with Gasteiger partial charge in [0.15, 0.2) is 0 Å². The first kappa shape index (κ1) is 15.3. The van der Waals surface area contributed by atoms with E-state index in [0.29, 0.717) is 5.75 Å². The Labute approximate surface area is 104 Å². The van der Waals surface area contributed by atoms with E-state index >= 15 is 0 Å². The van der Waals surface area contributed by atoms with Gasteiger partial charge in [-0.1, -0.05) is 5.16 Å². The van der Waals surface area contributed by atoms with Crippen LogP contribution in [0.5, 0.6) is 5.75 Å². The number of carboxylic acids is 1. The van der Waals surface area contributed by atoms with Crippen LogP contribution in [0.25, 0.3) is 0 Å². The summed E-state index contributed by atoms with van der Waals surface area (Å²) in [6, 6.07) is 5.70. The molecule has 0 aliphatic rings. The molecule has 0 heterocycles. The normalized spacial score (nSPS) is 9.59.